The van der Waals surface area contributed by atoms with Crippen LogP contribution in [-0.2, 0) is 5.75 Å². The van der Waals surface area contributed by atoms with Crippen LogP contribution in [-0.4, -0.2) is 24.7 Å². The first-order valence-electron chi connectivity index (χ1n) is 7.62. The predicted molar refractivity (Wildman–Crippen MR) is 97.3 cm³/mol. The molecular formula is C16H8F3N5O2S2. The van der Waals surface area contributed by atoms with Crippen LogP contribution in [0.2, 0.25) is 0 Å². The Kier molecular flexibility index (Phi) is 4.73. The number of fused-ring (bicyclic) bond motifs is 1. The van der Waals surface area contributed by atoms with Gasteiger partial charge in [-0.25, -0.2) is 32.8 Å². The highest BCUT2D eigenvalue weighted by molar-refractivity contribution is 7.98. The van der Waals surface area contributed by atoms with Crippen molar-refractivity contribution in [2.75, 3.05) is 0 Å². The van der Waals surface area contributed by atoms with E-state index < -0.39 is 28.6 Å². The summed E-state index contributed by atoms with van der Waals surface area (Å²) >= 11 is 1.93. The van der Waals surface area contributed by atoms with E-state index in [2.05, 4.69) is 20.2 Å². The number of H-pyrrole nitrogens is 1. The molecule has 0 atom stereocenters. The third-order valence-corrected chi connectivity index (χ3v) is 5.45. The molecule has 0 unspecified atom stereocenters. The average molecular weight is 423 g/mol. The molecule has 28 heavy (non-hydrogen) atoms. The Labute approximate surface area is 161 Å². The molecule has 3 aromatic heterocycles. The summed E-state index contributed by atoms with van der Waals surface area (Å²) in [6.45, 7) is 0. The normalized spacial score (nSPS) is 11.2. The van der Waals surface area contributed by atoms with Crippen molar-refractivity contribution in [1.29, 1.82) is 0 Å². The van der Waals surface area contributed by atoms with Gasteiger partial charge in [0.25, 0.3) is 11.1 Å². The molecular weight excluding hydrogens is 415 g/mol. The molecule has 0 fully saturated rings. The lowest BCUT2D eigenvalue weighted by Gasteiger charge is -2.11. The maximum absolute atomic E-state index is 13.9. The van der Waals surface area contributed by atoms with E-state index >= 15 is 0 Å². The van der Waals surface area contributed by atoms with Crippen LogP contribution in [0.5, 0.6) is 0 Å². The molecule has 7 nitrogen and oxygen atoms in total. The fourth-order valence-corrected chi connectivity index (χ4v) is 4.06. The molecule has 0 aliphatic heterocycles. The van der Waals surface area contributed by atoms with Gasteiger partial charge in [-0.15, -0.1) is 11.3 Å². The van der Waals surface area contributed by atoms with Gasteiger partial charge in [0.1, 0.15) is 22.2 Å². The minimum Gasteiger partial charge on any atom is -0.268 e. The topological polar surface area (TPSA) is 93.5 Å². The summed E-state index contributed by atoms with van der Waals surface area (Å²) in [6.07, 6.45) is 0. The van der Waals surface area contributed by atoms with Gasteiger partial charge in [-0.2, -0.15) is 5.10 Å². The number of thiazole rings is 1. The van der Waals surface area contributed by atoms with Gasteiger partial charge in [-0.05, 0) is 6.07 Å². The van der Waals surface area contributed by atoms with Crippen LogP contribution in [0.4, 0.5) is 13.2 Å². The Bertz CT molecular complexity index is 1270. The zero-order valence-electron chi connectivity index (χ0n) is 13.6. The van der Waals surface area contributed by atoms with E-state index in [1.807, 2.05) is 0 Å². The Morgan fingerprint density at radius 1 is 1.14 bits per heavy atom. The maximum atomic E-state index is 13.9. The van der Waals surface area contributed by atoms with Gasteiger partial charge in [0.15, 0.2) is 16.6 Å². The van der Waals surface area contributed by atoms with E-state index in [0.29, 0.717) is 12.1 Å². The number of nitrogens with zero attached hydrogens (tertiary/aromatic N) is 4. The first-order chi connectivity index (χ1) is 13.4. The van der Waals surface area contributed by atoms with E-state index in [1.165, 1.54) is 17.6 Å². The highest BCUT2D eigenvalue weighted by Crippen LogP contribution is 2.27. The number of aromatic amines is 1. The first kappa shape index (κ1) is 18.4. The molecule has 0 spiro atoms. The minimum absolute atomic E-state index is 0.0612. The lowest BCUT2D eigenvalue weighted by Crippen LogP contribution is -2.23. The van der Waals surface area contributed by atoms with Crippen molar-refractivity contribution in [1.82, 2.24) is 24.7 Å². The lowest BCUT2D eigenvalue weighted by molar-refractivity contribution is 0.531. The number of rotatable bonds is 4. The Morgan fingerprint density at radius 2 is 1.89 bits per heavy atom. The Hall–Kier alpha value is -2.99. The Balaban J connectivity index is 1.82. The summed E-state index contributed by atoms with van der Waals surface area (Å²) in [5, 5.41) is 6.10. The van der Waals surface area contributed by atoms with E-state index in [4.69, 9.17) is 0 Å². The number of aromatic nitrogens is 5. The minimum atomic E-state index is -1.05. The zero-order valence-corrected chi connectivity index (χ0v) is 15.3. The van der Waals surface area contributed by atoms with Gasteiger partial charge < -0.3 is 0 Å². The van der Waals surface area contributed by atoms with Gasteiger partial charge >= 0.3 is 0 Å². The van der Waals surface area contributed by atoms with Crippen molar-refractivity contribution in [3.8, 4) is 5.82 Å². The van der Waals surface area contributed by atoms with E-state index in [9.17, 15) is 22.8 Å². The van der Waals surface area contributed by atoms with Crippen molar-refractivity contribution >= 4 is 33.4 Å². The van der Waals surface area contributed by atoms with Crippen LogP contribution in [0.15, 0.2) is 44.5 Å². The summed E-state index contributed by atoms with van der Waals surface area (Å²) in [6, 6.07) is 3.65. The fraction of sp³-hybridized carbons (Fsp3) is 0.0625. The molecule has 3 heterocycles. The third kappa shape index (κ3) is 3.31. The van der Waals surface area contributed by atoms with Gasteiger partial charge in [0, 0.05) is 29.5 Å². The van der Waals surface area contributed by atoms with Crippen LogP contribution in [0, 0.1) is 17.5 Å². The van der Waals surface area contributed by atoms with Crippen molar-refractivity contribution in [2.24, 2.45) is 0 Å². The standard InChI is InChI=1S/C16H8F3N5O2S2/c17-7-3-9(18)8(10(19)4-7)5-27-16-21-14-13(28-6-20-14)15(26)24(16)11-1-2-12(25)23-22-11/h1-4,6H,5H2,(H,23,25). The van der Waals surface area contributed by atoms with Gasteiger partial charge in [-0.3, -0.25) is 9.59 Å². The predicted octanol–water partition coefficient (Wildman–Crippen LogP) is 2.64. The summed E-state index contributed by atoms with van der Waals surface area (Å²) < 4.78 is 42.3. The van der Waals surface area contributed by atoms with Gasteiger partial charge in [0.2, 0.25) is 0 Å². The fourth-order valence-electron chi connectivity index (χ4n) is 2.40. The second kappa shape index (κ2) is 7.20. The highest BCUT2D eigenvalue weighted by Gasteiger charge is 2.18. The molecule has 0 radical (unpaired) electrons. The van der Waals surface area contributed by atoms with Crippen LogP contribution in [0.25, 0.3) is 16.2 Å². The summed E-state index contributed by atoms with van der Waals surface area (Å²) in [7, 11) is 0. The van der Waals surface area contributed by atoms with Crippen molar-refractivity contribution in [3.63, 3.8) is 0 Å². The monoisotopic (exact) mass is 423 g/mol. The molecule has 1 aromatic carbocycles. The molecule has 0 aliphatic rings. The second-order valence-corrected chi connectivity index (χ2v) is 7.25. The molecule has 0 bridgehead atoms. The molecule has 12 heteroatoms. The van der Waals surface area contributed by atoms with Gasteiger partial charge in [-0.1, -0.05) is 11.8 Å². The quantitative estimate of drug-likeness (QED) is 0.401. The number of halogens is 3. The highest BCUT2D eigenvalue weighted by atomic mass is 32.2. The van der Waals surface area contributed by atoms with E-state index in [1.54, 1.807) is 0 Å². The molecule has 0 amide bonds. The van der Waals surface area contributed by atoms with Crippen LogP contribution in [0.3, 0.4) is 0 Å². The van der Waals surface area contributed by atoms with Crippen LogP contribution in [0.1, 0.15) is 5.56 Å². The third-order valence-electron chi connectivity index (χ3n) is 3.68. The smallest absolute Gasteiger partial charge is 0.268 e. The van der Waals surface area contributed by atoms with Crippen LogP contribution >= 0.6 is 23.1 Å². The molecule has 0 saturated carbocycles. The van der Waals surface area contributed by atoms with Crippen LogP contribution < -0.4 is 11.1 Å². The Morgan fingerprint density at radius 3 is 2.57 bits per heavy atom. The molecule has 1 N–H and O–H groups in total. The molecule has 4 aromatic rings. The average Bonchev–Trinajstić information content (AvgIpc) is 3.11. The van der Waals surface area contributed by atoms with Crippen molar-refractivity contribution in [2.45, 2.75) is 10.9 Å². The number of nitrogens with one attached hydrogen (secondary N) is 1. The van der Waals surface area contributed by atoms with Crippen molar-refractivity contribution < 1.29 is 13.2 Å². The molecule has 142 valence electrons. The zero-order chi connectivity index (χ0) is 19.8. The number of hydrogen-bond donors (Lipinski definition) is 1. The van der Waals surface area contributed by atoms with E-state index in [0.717, 1.165) is 27.7 Å². The molecule has 4 rings (SSSR count). The summed E-state index contributed by atoms with van der Waals surface area (Å²) in [5.74, 6) is -3.30. The van der Waals surface area contributed by atoms with Gasteiger partial charge in [0.05, 0.1) is 5.51 Å². The first-order valence-corrected chi connectivity index (χ1v) is 9.49. The number of benzene rings is 1. The number of thioether (sulfide) groups is 1. The molecule has 0 aliphatic carbocycles. The maximum Gasteiger partial charge on any atom is 0.279 e. The SMILES string of the molecule is O=c1ccc(-n2c(SCc3c(F)cc(F)cc3F)nc3ncsc3c2=O)n[nH]1. The molecule has 0 saturated heterocycles. The van der Waals surface area contributed by atoms with E-state index in [-0.39, 0.29) is 32.6 Å². The summed E-state index contributed by atoms with van der Waals surface area (Å²) in [4.78, 5) is 32.4. The van der Waals surface area contributed by atoms with Crippen molar-refractivity contribution in [3.05, 3.63) is 73.5 Å². The number of hydrogen-bond acceptors (Lipinski definition) is 7. The largest absolute Gasteiger partial charge is 0.279 e. The lowest BCUT2D eigenvalue weighted by atomic mass is 10.2. The summed E-state index contributed by atoms with van der Waals surface area (Å²) in [5.41, 5.74) is 0.304. The second-order valence-electron chi connectivity index (χ2n) is 5.46.